The molecule has 0 saturated heterocycles. The SMILES string of the molecule is C=C/C=C(C=C)/C(C=C)=C/C=C(\C=C)CC(C=O)NC(=O)OC(C)(C)C.CC.CC. The van der Waals surface area contributed by atoms with Crippen LogP contribution >= 0.6 is 0 Å². The molecule has 0 aromatic rings. The van der Waals surface area contributed by atoms with Gasteiger partial charge in [-0.3, -0.25) is 0 Å². The van der Waals surface area contributed by atoms with Gasteiger partial charge in [0.05, 0.1) is 6.04 Å². The molecule has 0 aliphatic rings. The minimum absolute atomic E-state index is 0.293. The molecule has 0 radical (unpaired) electrons. The Hall–Kier alpha value is -2.88. The number of hydrogen-bond acceptors (Lipinski definition) is 3. The predicted octanol–water partition coefficient (Wildman–Crippen LogP) is 7.04. The molecule has 1 unspecified atom stereocenters. The zero-order chi connectivity index (χ0) is 24.2. The number of carbonyl (C=O) groups is 2. The Morgan fingerprint density at radius 3 is 1.77 bits per heavy atom. The highest BCUT2D eigenvalue weighted by molar-refractivity contribution is 5.73. The zero-order valence-electron chi connectivity index (χ0n) is 20.0. The highest BCUT2D eigenvalue weighted by Crippen LogP contribution is 2.15. The lowest BCUT2D eigenvalue weighted by molar-refractivity contribution is -0.109. The van der Waals surface area contributed by atoms with Gasteiger partial charge in [0.25, 0.3) is 0 Å². The number of carbonyl (C=O) groups excluding carboxylic acids is 2. The first kappa shape index (κ1) is 31.8. The molecule has 0 aromatic heterocycles. The van der Waals surface area contributed by atoms with Crippen LogP contribution in [0.2, 0.25) is 0 Å². The van der Waals surface area contributed by atoms with Crippen LogP contribution < -0.4 is 5.32 Å². The van der Waals surface area contributed by atoms with Gasteiger partial charge in [-0.05, 0) is 43.9 Å². The first-order valence-corrected chi connectivity index (χ1v) is 10.3. The monoisotopic (exact) mass is 415 g/mol. The average Bonchev–Trinajstić information content (AvgIpc) is 2.72. The van der Waals surface area contributed by atoms with E-state index in [1.165, 1.54) is 0 Å². The number of aldehydes is 1. The maximum Gasteiger partial charge on any atom is 0.408 e. The molecule has 0 aliphatic carbocycles. The lowest BCUT2D eigenvalue weighted by atomic mass is 10.0. The molecule has 30 heavy (non-hydrogen) atoms. The van der Waals surface area contributed by atoms with Crippen LogP contribution in [0.5, 0.6) is 0 Å². The summed E-state index contributed by atoms with van der Waals surface area (Å²) in [5, 5.41) is 2.54. The molecule has 4 nitrogen and oxygen atoms in total. The number of amides is 1. The summed E-state index contributed by atoms with van der Waals surface area (Å²) in [4.78, 5) is 23.1. The Balaban J connectivity index is -0.00000171. The van der Waals surface area contributed by atoms with Crippen LogP contribution in [0.15, 0.2) is 85.6 Å². The normalized spacial score (nSPS) is 12.6. The topological polar surface area (TPSA) is 55.4 Å². The number of rotatable bonds is 10. The molecule has 0 fully saturated rings. The van der Waals surface area contributed by atoms with Crippen molar-refractivity contribution in [2.75, 3.05) is 0 Å². The molecular weight excluding hydrogens is 374 g/mol. The number of ether oxygens (including phenoxy) is 1. The Bertz CT molecular complexity index is 644. The third-order valence-corrected chi connectivity index (χ3v) is 3.13. The first-order valence-electron chi connectivity index (χ1n) is 10.3. The highest BCUT2D eigenvalue weighted by Gasteiger charge is 2.19. The number of hydrogen-bond donors (Lipinski definition) is 1. The summed E-state index contributed by atoms with van der Waals surface area (Å²) in [6.07, 6.45) is 12.5. The summed E-state index contributed by atoms with van der Waals surface area (Å²) in [5.41, 5.74) is 1.87. The fraction of sp³-hybridized carbons (Fsp3) is 0.385. The van der Waals surface area contributed by atoms with Crippen molar-refractivity contribution in [1.82, 2.24) is 5.32 Å². The molecular formula is C26H41NO3. The molecule has 1 N–H and O–H groups in total. The minimum Gasteiger partial charge on any atom is -0.444 e. The van der Waals surface area contributed by atoms with E-state index < -0.39 is 17.7 Å². The van der Waals surface area contributed by atoms with Crippen LogP contribution in [-0.2, 0) is 9.53 Å². The Morgan fingerprint density at radius 2 is 1.40 bits per heavy atom. The van der Waals surface area contributed by atoms with Crippen molar-refractivity contribution in [3.05, 3.63) is 85.6 Å². The van der Waals surface area contributed by atoms with E-state index in [1.807, 2.05) is 45.9 Å². The van der Waals surface area contributed by atoms with Crippen molar-refractivity contribution < 1.29 is 14.3 Å². The van der Waals surface area contributed by atoms with Gasteiger partial charge < -0.3 is 14.8 Å². The van der Waals surface area contributed by atoms with E-state index in [9.17, 15) is 9.59 Å². The quantitative estimate of drug-likeness (QED) is 0.307. The number of allylic oxidation sites excluding steroid dienone is 9. The lowest BCUT2D eigenvalue weighted by Crippen LogP contribution is -2.40. The van der Waals surface area contributed by atoms with E-state index in [4.69, 9.17) is 4.74 Å². The van der Waals surface area contributed by atoms with E-state index in [0.29, 0.717) is 12.7 Å². The summed E-state index contributed by atoms with van der Waals surface area (Å²) in [6, 6.07) is -0.711. The Morgan fingerprint density at radius 1 is 0.900 bits per heavy atom. The van der Waals surface area contributed by atoms with Gasteiger partial charge in [0.15, 0.2) is 0 Å². The molecule has 0 spiro atoms. The molecule has 0 aromatic carbocycles. The molecule has 4 heteroatoms. The highest BCUT2D eigenvalue weighted by atomic mass is 16.6. The molecule has 0 aliphatic heterocycles. The number of nitrogens with one attached hydrogen (secondary N) is 1. The summed E-state index contributed by atoms with van der Waals surface area (Å²) in [7, 11) is 0. The van der Waals surface area contributed by atoms with E-state index in [0.717, 1.165) is 16.7 Å². The molecule has 1 atom stereocenters. The van der Waals surface area contributed by atoms with Crippen molar-refractivity contribution >= 4 is 12.4 Å². The first-order chi connectivity index (χ1) is 14.2. The molecule has 168 valence electrons. The summed E-state index contributed by atoms with van der Waals surface area (Å²) in [6.45, 7) is 28.3. The van der Waals surface area contributed by atoms with E-state index >= 15 is 0 Å². The van der Waals surface area contributed by atoms with E-state index in [1.54, 1.807) is 45.1 Å². The molecule has 0 heterocycles. The maximum atomic E-state index is 11.8. The van der Waals surface area contributed by atoms with E-state index in [2.05, 4.69) is 31.6 Å². The third kappa shape index (κ3) is 16.1. The average molecular weight is 416 g/mol. The van der Waals surface area contributed by atoms with Crippen molar-refractivity contribution in [3.63, 3.8) is 0 Å². The van der Waals surface area contributed by atoms with Crippen molar-refractivity contribution in [2.24, 2.45) is 0 Å². The largest absolute Gasteiger partial charge is 0.444 e. The van der Waals surface area contributed by atoms with E-state index in [-0.39, 0.29) is 0 Å². The van der Waals surface area contributed by atoms with Gasteiger partial charge in [0, 0.05) is 0 Å². The van der Waals surface area contributed by atoms with Crippen molar-refractivity contribution in [2.45, 2.75) is 66.5 Å². The van der Waals surface area contributed by atoms with Gasteiger partial charge in [-0.25, -0.2) is 4.79 Å². The zero-order valence-corrected chi connectivity index (χ0v) is 20.0. The fourth-order valence-electron chi connectivity index (χ4n) is 1.95. The third-order valence-electron chi connectivity index (χ3n) is 3.13. The maximum absolute atomic E-state index is 11.8. The van der Waals surface area contributed by atoms with Crippen molar-refractivity contribution in [3.8, 4) is 0 Å². The van der Waals surface area contributed by atoms with Gasteiger partial charge in [-0.1, -0.05) is 96.5 Å². The van der Waals surface area contributed by atoms with Gasteiger partial charge in [-0.15, -0.1) is 0 Å². The predicted molar refractivity (Wildman–Crippen MR) is 132 cm³/mol. The lowest BCUT2D eigenvalue weighted by Gasteiger charge is -2.21. The van der Waals surface area contributed by atoms with Crippen LogP contribution in [0.3, 0.4) is 0 Å². The molecule has 1 amide bonds. The second-order valence-electron chi connectivity index (χ2n) is 6.43. The van der Waals surface area contributed by atoms with Gasteiger partial charge in [-0.2, -0.15) is 0 Å². The Kier molecular flexibility index (Phi) is 20.6. The van der Waals surface area contributed by atoms with Crippen LogP contribution in [0.25, 0.3) is 0 Å². The van der Waals surface area contributed by atoms with Gasteiger partial charge >= 0.3 is 6.09 Å². The summed E-state index contributed by atoms with van der Waals surface area (Å²) in [5.74, 6) is 0. The number of alkyl carbamates (subject to hydrolysis) is 1. The second-order valence-corrected chi connectivity index (χ2v) is 6.43. The van der Waals surface area contributed by atoms with Crippen LogP contribution in [-0.4, -0.2) is 24.0 Å². The smallest absolute Gasteiger partial charge is 0.408 e. The molecule has 0 bridgehead atoms. The fourth-order valence-corrected chi connectivity index (χ4v) is 1.95. The van der Waals surface area contributed by atoms with Crippen LogP contribution in [0.4, 0.5) is 4.79 Å². The van der Waals surface area contributed by atoms with Gasteiger partial charge in [0.1, 0.15) is 11.9 Å². The van der Waals surface area contributed by atoms with Crippen LogP contribution in [0, 0.1) is 0 Å². The van der Waals surface area contributed by atoms with Crippen molar-refractivity contribution in [1.29, 1.82) is 0 Å². The Labute approximate surface area is 184 Å². The molecule has 0 rings (SSSR count). The standard InChI is InChI=1S/C22H29NO3.2C2H6/c1-8-12-18(10-3)19(11-4)14-13-17(9-2)15-20(16-24)23-21(25)26-22(5,6)7;2*1-2/h8-14,16,20H,1-4,15H2,5-7H3,(H,23,25);2*1-2H3/b17-13+,18-12+,19-14+;;. The summed E-state index contributed by atoms with van der Waals surface area (Å²) >= 11 is 0. The summed E-state index contributed by atoms with van der Waals surface area (Å²) < 4.78 is 5.17. The minimum atomic E-state index is -0.711. The van der Waals surface area contributed by atoms with Gasteiger partial charge in [0.2, 0.25) is 0 Å². The molecule has 0 saturated carbocycles. The second kappa shape index (κ2) is 19.4. The van der Waals surface area contributed by atoms with Crippen LogP contribution in [0.1, 0.15) is 54.9 Å².